The Morgan fingerprint density at radius 3 is 2.54 bits per heavy atom. The van der Waals surface area contributed by atoms with Crippen LogP contribution in [0.5, 0.6) is 0 Å². The van der Waals surface area contributed by atoms with Crippen LogP contribution in [-0.4, -0.2) is 70.3 Å². The van der Waals surface area contributed by atoms with Gasteiger partial charge in [0.05, 0.1) is 11.3 Å². The van der Waals surface area contributed by atoms with Gasteiger partial charge in [0.2, 0.25) is 11.8 Å². The summed E-state index contributed by atoms with van der Waals surface area (Å²) in [4.78, 5) is 48.6. The van der Waals surface area contributed by atoms with E-state index in [1.165, 1.54) is 12.0 Å². The zero-order valence-corrected chi connectivity index (χ0v) is 21.4. The van der Waals surface area contributed by atoms with E-state index in [1.807, 2.05) is 25.1 Å². The second-order valence-electron chi connectivity index (χ2n) is 11.8. The Morgan fingerprint density at radius 2 is 1.70 bits per heavy atom. The van der Waals surface area contributed by atoms with Crippen LogP contribution in [0.4, 0.5) is 5.69 Å². The summed E-state index contributed by atoms with van der Waals surface area (Å²) in [6.45, 7) is 5.87. The lowest BCUT2D eigenvalue weighted by Crippen LogP contribution is -2.66. The average molecular weight is 499 g/mol. The minimum absolute atomic E-state index is 0.0178. The van der Waals surface area contributed by atoms with Crippen LogP contribution in [-0.2, 0) is 16.1 Å². The van der Waals surface area contributed by atoms with Crippen molar-refractivity contribution in [3.63, 3.8) is 0 Å². The topological polar surface area (TPSA) is 64.2 Å². The molecule has 0 spiro atoms. The number of rotatable bonds is 4. The van der Waals surface area contributed by atoms with Crippen molar-refractivity contribution in [3.8, 4) is 0 Å². The molecule has 192 valence electrons. The smallest absolute Gasteiger partial charge is 0.258 e. The molecule has 5 aliphatic heterocycles. The number of nitrogens with zero attached hydrogens (tertiary/aromatic N) is 4. The summed E-state index contributed by atoms with van der Waals surface area (Å²) >= 11 is 0. The van der Waals surface area contributed by atoms with E-state index in [0.717, 1.165) is 32.6 Å². The van der Waals surface area contributed by atoms with E-state index in [0.29, 0.717) is 41.8 Å². The summed E-state index contributed by atoms with van der Waals surface area (Å²) in [5, 5.41) is 0. The molecule has 4 saturated heterocycles. The molecular formula is C30H34N4O3. The lowest BCUT2D eigenvalue weighted by molar-refractivity contribution is -0.145. The van der Waals surface area contributed by atoms with Crippen molar-refractivity contribution in [2.75, 3.05) is 31.1 Å². The zero-order chi connectivity index (χ0) is 25.3. The Bertz CT molecular complexity index is 1260. The van der Waals surface area contributed by atoms with Crippen LogP contribution in [0.2, 0.25) is 0 Å². The van der Waals surface area contributed by atoms with Crippen LogP contribution < -0.4 is 4.90 Å². The maximum atomic E-state index is 13.9. The van der Waals surface area contributed by atoms with Gasteiger partial charge < -0.3 is 9.80 Å². The van der Waals surface area contributed by atoms with Gasteiger partial charge in [0.1, 0.15) is 12.2 Å². The van der Waals surface area contributed by atoms with E-state index in [4.69, 9.17) is 0 Å². The lowest BCUT2D eigenvalue weighted by Gasteiger charge is -2.53. The quantitative estimate of drug-likeness (QED) is 0.649. The number of fused-ring (bicyclic) bond motifs is 5. The van der Waals surface area contributed by atoms with E-state index >= 15 is 0 Å². The molecule has 7 heteroatoms. The number of likely N-dealkylation sites (tertiary alicyclic amines) is 1. The highest BCUT2D eigenvalue weighted by atomic mass is 16.2. The van der Waals surface area contributed by atoms with Crippen molar-refractivity contribution in [1.29, 1.82) is 0 Å². The summed E-state index contributed by atoms with van der Waals surface area (Å²) in [6, 6.07) is 18.2. The van der Waals surface area contributed by atoms with Gasteiger partial charge in [-0.25, -0.2) is 0 Å². The Labute approximate surface area is 218 Å². The van der Waals surface area contributed by atoms with Gasteiger partial charge in [-0.15, -0.1) is 0 Å². The Kier molecular flexibility index (Phi) is 5.22. The maximum Gasteiger partial charge on any atom is 0.258 e. The molecule has 8 rings (SSSR count). The van der Waals surface area contributed by atoms with Gasteiger partial charge in [0.25, 0.3) is 5.91 Å². The van der Waals surface area contributed by atoms with Gasteiger partial charge in [-0.1, -0.05) is 42.5 Å². The molecule has 0 N–H and O–H groups in total. The number of carbonyl (C=O) groups excluding carboxylic acids is 3. The molecule has 3 amide bonds. The molecule has 6 aliphatic rings. The molecule has 5 atom stereocenters. The second-order valence-corrected chi connectivity index (χ2v) is 11.8. The first kappa shape index (κ1) is 23.0. The normalized spacial score (nSPS) is 32.5. The summed E-state index contributed by atoms with van der Waals surface area (Å²) < 4.78 is 0. The monoisotopic (exact) mass is 498 g/mol. The van der Waals surface area contributed by atoms with Gasteiger partial charge in [0, 0.05) is 38.6 Å². The number of amides is 3. The summed E-state index contributed by atoms with van der Waals surface area (Å²) in [6.07, 6.45) is 3.17. The first-order valence-electron chi connectivity index (χ1n) is 13.7. The van der Waals surface area contributed by atoms with Crippen LogP contribution in [0.15, 0.2) is 54.6 Å². The number of hydrogen-bond donors (Lipinski definition) is 0. The van der Waals surface area contributed by atoms with E-state index in [2.05, 4.69) is 40.1 Å². The number of carbonyl (C=O) groups is 3. The summed E-state index contributed by atoms with van der Waals surface area (Å²) in [5.74, 6) is 1.57. The van der Waals surface area contributed by atoms with E-state index in [1.54, 1.807) is 15.9 Å². The fraction of sp³-hybridized carbons (Fsp3) is 0.500. The predicted octanol–water partition coefficient (Wildman–Crippen LogP) is 3.35. The van der Waals surface area contributed by atoms with E-state index < -0.39 is 5.66 Å². The van der Waals surface area contributed by atoms with Crippen molar-refractivity contribution in [3.05, 3.63) is 65.7 Å². The molecule has 1 saturated carbocycles. The molecule has 2 aromatic rings. The molecule has 37 heavy (non-hydrogen) atoms. The highest BCUT2D eigenvalue weighted by Gasteiger charge is 2.56. The Hall–Kier alpha value is -3.19. The van der Waals surface area contributed by atoms with Crippen LogP contribution in [0, 0.1) is 17.8 Å². The van der Waals surface area contributed by atoms with Gasteiger partial charge in [-0.3, -0.25) is 24.2 Å². The van der Waals surface area contributed by atoms with Crippen molar-refractivity contribution in [2.24, 2.45) is 17.8 Å². The second kappa shape index (κ2) is 8.42. The van der Waals surface area contributed by atoms with E-state index in [-0.39, 0.29) is 30.3 Å². The van der Waals surface area contributed by atoms with Gasteiger partial charge >= 0.3 is 0 Å². The molecule has 0 aromatic heterocycles. The third-order valence-electron chi connectivity index (χ3n) is 9.86. The zero-order valence-electron chi connectivity index (χ0n) is 21.4. The standard InChI is InChI=1S/C30H34N4O3/c1-30-14-13-27(35)34(30)26-10-6-5-9-22(26)29(37)33(30)19-28(36)32-16-21-11-12-25(32)24-18-31(17-23(21)24)15-20-7-3-2-4-8-20/h2-10,21,23-25H,11-19H2,1H3. The molecule has 1 aliphatic carbocycles. The van der Waals surface area contributed by atoms with Crippen molar-refractivity contribution >= 4 is 23.4 Å². The Balaban J connectivity index is 1.11. The van der Waals surface area contributed by atoms with Crippen LogP contribution >= 0.6 is 0 Å². The Morgan fingerprint density at radius 1 is 0.946 bits per heavy atom. The number of hydrogen-bond acceptors (Lipinski definition) is 4. The number of anilines is 1. The molecular weight excluding hydrogens is 464 g/mol. The predicted molar refractivity (Wildman–Crippen MR) is 140 cm³/mol. The summed E-state index contributed by atoms with van der Waals surface area (Å²) in [7, 11) is 0. The number of para-hydroxylation sites is 1. The fourth-order valence-electron chi connectivity index (χ4n) is 8.09. The van der Waals surface area contributed by atoms with Crippen molar-refractivity contribution < 1.29 is 14.4 Å². The molecule has 2 bridgehead atoms. The third kappa shape index (κ3) is 3.46. The van der Waals surface area contributed by atoms with Gasteiger partial charge in [0.15, 0.2) is 0 Å². The van der Waals surface area contributed by atoms with Crippen LogP contribution in [0.1, 0.15) is 48.5 Å². The number of piperidine rings is 2. The molecule has 5 fully saturated rings. The van der Waals surface area contributed by atoms with Crippen LogP contribution in [0.3, 0.4) is 0 Å². The first-order chi connectivity index (χ1) is 17.9. The minimum atomic E-state index is -0.796. The minimum Gasteiger partial charge on any atom is -0.338 e. The fourth-order valence-corrected chi connectivity index (χ4v) is 8.09. The van der Waals surface area contributed by atoms with Gasteiger partial charge in [-0.05, 0) is 61.6 Å². The molecule has 5 unspecified atom stereocenters. The van der Waals surface area contributed by atoms with Crippen LogP contribution in [0.25, 0.3) is 0 Å². The molecule has 2 aromatic carbocycles. The molecule has 7 nitrogen and oxygen atoms in total. The SMILES string of the molecule is CC12CCC(=O)N1c1ccccc1C(=O)N2CC(=O)N1CC2CCC1C1CN(Cc3ccccc3)CC21. The highest BCUT2D eigenvalue weighted by molar-refractivity contribution is 6.11. The largest absolute Gasteiger partial charge is 0.338 e. The maximum absolute atomic E-state index is 13.9. The highest BCUT2D eigenvalue weighted by Crippen LogP contribution is 2.48. The third-order valence-corrected chi connectivity index (χ3v) is 9.86. The lowest BCUT2D eigenvalue weighted by atomic mass is 9.66. The average Bonchev–Trinajstić information content (AvgIpc) is 3.49. The van der Waals surface area contributed by atoms with Crippen molar-refractivity contribution in [1.82, 2.24) is 14.7 Å². The first-order valence-corrected chi connectivity index (χ1v) is 13.7. The van der Waals surface area contributed by atoms with Gasteiger partial charge in [-0.2, -0.15) is 0 Å². The van der Waals surface area contributed by atoms with Crippen molar-refractivity contribution in [2.45, 2.75) is 50.9 Å². The molecule has 0 radical (unpaired) electrons. The van der Waals surface area contributed by atoms with E-state index in [9.17, 15) is 14.4 Å². The molecule has 5 heterocycles. The summed E-state index contributed by atoms with van der Waals surface area (Å²) in [5.41, 5.74) is 1.73. The number of benzene rings is 2.